The van der Waals surface area contributed by atoms with Crippen LogP contribution in [0.1, 0.15) is 40.0 Å². The van der Waals surface area contributed by atoms with E-state index in [4.69, 9.17) is 9.47 Å². The minimum atomic E-state index is -3.21. The number of piperidine rings is 1. The highest BCUT2D eigenvalue weighted by atomic mass is 32.2. The summed E-state index contributed by atoms with van der Waals surface area (Å²) in [6, 6.07) is 0. The molecule has 2 fully saturated rings. The van der Waals surface area contributed by atoms with Gasteiger partial charge in [0.05, 0.1) is 25.5 Å². The Labute approximate surface area is 116 Å². The summed E-state index contributed by atoms with van der Waals surface area (Å²) in [4.78, 5) is 0. The molecule has 0 aromatic carbocycles. The molecular formula is C13H25NO4S. The lowest BCUT2D eigenvalue weighted by Crippen LogP contribution is -2.51. The number of nitrogens with zero attached hydrogens (tertiary/aromatic N) is 1. The molecule has 0 amide bonds. The van der Waals surface area contributed by atoms with E-state index >= 15 is 0 Å². The highest BCUT2D eigenvalue weighted by Gasteiger charge is 2.43. The third-order valence-electron chi connectivity index (χ3n) is 3.70. The maximum atomic E-state index is 12.4. The predicted molar refractivity (Wildman–Crippen MR) is 73.3 cm³/mol. The first-order chi connectivity index (χ1) is 8.73. The minimum Gasteiger partial charge on any atom is -0.346 e. The van der Waals surface area contributed by atoms with Gasteiger partial charge in [-0.15, -0.1) is 0 Å². The van der Waals surface area contributed by atoms with E-state index in [1.54, 1.807) is 4.31 Å². The van der Waals surface area contributed by atoms with Crippen LogP contribution in [0.25, 0.3) is 0 Å². The fourth-order valence-electron chi connectivity index (χ4n) is 2.49. The Hall–Kier alpha value is -0.170. The molecule has 2 saturated heterocycles. The molecule has 0 radical (unpaired) electrons. The molecule has 0 saturated carbocycles. The average molecular weight is 291 g/mol. The zero-order valence-electron chi connectivity index (χ0n) is 12.1. The van der Waals surface area contributed by atoms with Crippen LogP contribution in [0.15, 0.2) is 0 Å². The van der Waals surface area contributed by atoms with Crippen molar-refractivity contribution in [2.45, 2.75) is 45.8 Å². The van der Waals surface area contributed by atoms with Gasteiger partial charge in [0.15, 0.2) is 5.79 Å². The molecule has 0 aromatic rings. The molecule has 6 heteroatoms. The normalized spacial score (nSPS) is 25.0. The summed E-state index contributed by atoms with van der Waals surface area (Å²) in [5.74, 6) is -0.473. The van der Waals surface area contributed by atoms with Gasteiger partial charge in [0.2, 0.25) is 10.0 Å². The molecule has 2 aliphatic rings. The Morgan fingerprint density at radius 1 is 1.21 bits per heavy atom. The highest BCUT2D eigenvalue weighted by molar-refractivity contribution is 7.89. The molecule has 1 spiro atoms. The van der Waals surface area contributed by atoms with Crippen molar-refractivity contribution in [2.75, 3.05) is 32.1 Å². The van der Waals surface area contributed by atoms with E-state index in [1.807, 2.05) is 0 Å². The number of ether oxygens (including phenoxy) is 2. The van der Waals surface area contributed by atoms with E-state index in [9.17, 15) is 8.42 Å². The summed E-state index contributed by atoms with van der Waals surface area (Å²) in [5, 5.41) is 0. The van der Waals surface area contributed by atoms with E-state index in [2.05, 4.69) is 20.8 Å². The monoisotopic (exact) mass is 291 g/mol. The second-order valence-corrected chi connectivity index (χ2v) is 8.76. The fourth-order valence-corrected chi connectivity index (χ4v) is 4.42. The Morgan fingerprint density at radius 3 is 2.42 bits per heavy atom. The van der Waals surface area contributed by atoms with Crippen LogP contribution in [0.2, 0.25) is 0 Å². The second kappa shape index (κ2) is 5.31. The number of rotatable bonds is 3. The van der Waals surface area contributed by atoms with E-state index in [-0.39, 0.29) is 11.2 Å². The molecule has 2 heterocycles. The number of sulfonamides is 1. The van der Waals surface area contributed by atoms with Gasteiger partial charge in [-0.3, -0.25) is 0 Å². The first-order valence-electron chi connectivity index (χ1n) is 6.98. The summed E-state index contributed by atoms with van der Waals surface area (Å²) in [7, 11) is -3.21. The van der Waals surface area contributed by atoms with Gasteiger partial charge < -0.3 is 9.47 Å². The van der Waals surface area contributed by atoms with Gasteiger partial charge in [-0.05, 0) is 18.3 Å². The molecule has 19 heavy (non-hydrogen) atoms. The second-order valence-electron chi connectivity index (χ2n) is 6.67. The van der Waals surface area contributed by atoms with Crippen LogP contribution < -0.4 is 0 Å². The third kappa shape index (κ3) is 3.90. The molecular weight excluding hydrogens is 266 g/mol. The van der Waals surface area contributed by atoms with Crippen molar-refractivity contribution in [2.24, 2.45) is 5.41 Å². The number of hydrogen-bond acceptors (Lipinski definition) is 4. The van der Waals surface area contributed by atoms with Gasteiger partial charge in [-0.2, -0.15) is 4.31 Å². The van der Waals surface area contributed by atoms with Gasteiger partial charge >= 0.3 is 0 Å². The van der Waals surface area contributed by atoms with E-state index in [0.29, 0.717) is 32.7 Å². The van der Waals surface area contributed by atoms with Gasteiger partial charge in [-0.1, -0.05) is 20.8 Å². The molecule has 0 aromatic heterocycles. The Kier molecular flexibility index (Phi) is 4.26. The van der Waals surface area contributed by atoms with Crippen molar-refractivity contribution in [1.29, 1.82) is 0 Å². The van der Waals surface area contributed by atoms with Crippen LogP contribution in [-0.2, 0) is 19.5 Å². The smallest absolute Gasteiger partial charge is 0.214 e. The Morgan fingerprint density at radius 2 is 1.84 bits per heavy atom. The largest absolute Gasteiger partial charge is 0.346 e. The fraction of sp³-hybridized carbons (Fsp3) is 1.00. The maximum Gasteiger partial charge on any atom is 0.214 e. The molecule has 0 atom stereocenters. The maximum absolute atomic E-state index is 12.4. The van der Waals surface area contributed by atoms with Crippen molar-refractivity contribution in [3.05, 3.63) is 0 Å². The lowest BCUT2D eigenvalue weighted by molar-refractivity contribution is -0.179. The molecule has 0 bridgehead atoms. The third-order valence-corrected chi connectivity index (χ3v) is 5.52. The van der Waals surface area contributed by atoms with Crippen molar-refractivity contribution < 1.29 is 17.9 Å². The molecule has 2 rings (SSSR count). The summed E-state index contributed by atoms with van der Waals surface area (Å²) < 4.78 is 37.6. The molecule has 0 unspecified atom stereocenters. The van der Waals surface area contributed by atoms with Crippen LogP contribution in [0.4, 0.5) is 0 Å². The van der Waals surface area contributed by atoms with Crippen LogP contribution in [0.5, 0.6) is 0 Å². The van der Waals surface area contributed by atoms with Crippen LogP contribution in [0, 0.1) is 5.41 Å². The van der Waals surface area contributed by atoms with Crippen molar-refractivity contribution in [3.8, 4) is 0 Å². The summed E-state index contributed by atoms with van der Waals surface area (Å²) in [6.45, 7) is 8.24. The predicted octanol–water partition coefficient (Wildman–Crippen LogP) is 1.59. The lowest BCUT2D eigenvalue weighted by atomic mass is 9.94. The number of hydrogen-bond donors (Lipinski definition) is 0. The zero-order valence-corrected chi connectivity index (χ0v) is 13.0. The van der Waals surface area contributed by atoms with Gasteiger partial charge in [0, 0.05) is 13.0 Å². The van der Waals surface area contributed by atoms with Gasteiger partial charge in [0.25, 0.3) is 0 Å². The lowest BCUT2D eigenvalue weighted by Gasteiger charge is -2.38. The highest BCUT2D eigenvalue weighted by Crippen LogP contribution is 2.32. The summed E-state index contributed by atoms with van der Waals surface area (Å²) >= 11 is 0. The minimum absolute atomic E-state index is 0.0287. The SMILES string of the molecule is CC(C)(C)CCS(=O)(=O)N1CCCC2(C1)OCCO2. The topological polar surface area (TPSA) is 55.8 Å². The molecule has 5 nitrogen and oxygen atoms in total. The zero-order chi connectivity index (χ0) is 14.1. The van der Waals surface area contributed by atoms with Gasteiger partial charge in [0.1, 0.15) is 0 Å². The summed E-state index contributed by atoms with van der Waals surface area (Å²) in [6.07, 6.45) is 2.26. The first-order valence-corrected chi connectivity index (χ1v) is 8.59. The van der Waals surface area contributed by atoms with Crippen molar-refractivity contribution in [3.63, 3.8) is 0 Å². The van der Waals surface area contributed by atoms with E-state index in [1.165, 1.54) is 0 Å². The first kappa shape index (κ1) is 15.2. The quantitative estimate of drug-likeness (QED) is 0.792. The van der Waals surface area contributed by atoms with Crippen LogP contribution in [-0.4, -0.2) is 50.6 Å². The average Bonchev–Trinajstić information content (AvgIpc) is 2.74. The standard InChI is InChI=1S/C13H25NO4S/c1-12(2,3)6-10-19(15,16)14-7-4-5-13(11-14)17-8-9-18-13/h4-11H2,1-3H3. The van der Waals surface area contributed by atoms with Crippen LogP contribution in [0.3, 0.4) is 0 Å². The Balaban J connectivity index is 2.00. The van der Waals surface area contributed by atoms with Gasteiger partial charge in [-0.25, -0.2) is 8.42 Å². The van der Waals surface area contributed by atoms with Crippen molar-refractivity contribution in [1.82, 2.24) is 4.31 Å². The van der Waals surface area contributed by atoms with E-state index < -0.39 is 15.8 Å². The molecule has 0 aliphatic carbocycles. The summed E-state index contributed by atoms with van der Waals surface area (Å²) in [5.41, 5.74) is 0.0287. The Bertz CT molecular complexity index is 407. The molecule has 2 aliphatic heterocycles. The molecule has 0 N–H and O–H groups in total. The molecule has 112 valence electrons. The van der Waals surface area contributed by atoms with Crippen LogP contribution >= 0.6 is 0 Å². The van der Waals surface area contributed by atoms with E-state index in [0.717, 1.165) is 12.8 Å². The van der Waals surface area contributed by atoms with Crippen molar-refractivity contribution >= 4 is 10.0 Å².